The molecule has 0 fully saturated rings. The van der Waals surface area contributed by atoms with Gasteiger partial charge in [0.15, 0.2) is 5.82 Å². The van der Waals surface area contributed by atoms with Crippen LogP contribution < -0.4 is 5.32 Å². The molecule has 0 saturated heterocycles. The van der Waals surface area contributed by atoms with E-state index in [4.69, 9.17) is 0 Å². The number of amides is 1. The number of rotatable bonds is 5. The largest absolute Gasteiger partial charge is 0.325 e. The van der Waals surface area contributed by atoms with Crippen molar-refractivity contribution >= 4 is 11.6 Å². The molecule has 0 radical (unpaired) electrons. The second-order valence-corrected chi connectivity index (χ2v) is 5.24. The zero-order chi connectivity index (χ0) is 16.1. The third-order valence-electron chi connectivity index (χ3n) is 3.46. The molecule has 1 amide bonds. The summed E-state index contributed by atoms with van der Waals surface area (Å²) in [7, 11) is 0. The van der Waals surface area contributed by atoms with Crippen molar-refractivity contribution in [3.05, 3.63) is 65.7 Å². The Morgan fingerprint density at radius 2 is 2.09 bits per heavy atom. The van der Waals surface area contributed by atoms with Crippen LogP contribution in [0.25, 0.3) is 0 Å². The number of aryl methyl sites for hydroxylation is 1. The first kappa shape index (κ1) is 14.8. The molecule has 0 aliphatic heterocycles. The number of hydrogen-bond acceptors (Lipinski definition) is 5. The van der Waals surface area contributed by atoms with Gasteiger partial charge in [-0.25, -0.2) is 0 Å². The molecule has 2 aromatic heterocycles. The Hall–Kier alpha value is -3.09. The van der Waals surface area contributed by atoms with E-state index in [9.17, 15) is 4.79 Å². The molecule has 0 aliphatic carbocycles. The molecule has 0 spiro atoms. The number of pyridine rings is 1. The molecule has 23 heavy (non-hydrogen) atoms. The maximum absolute atomic E-state index is 12.7. The molecule has 116 valence electrons. The van der Waals surface area contributed by atoms with Crippen molar-refractivity contribution in [1.82, 2.24) is 25.6 Å². The minimum Gasteiger partial charge on any atom is -0.325 e. The lowest BCUT2D eigenvalue weighted by molar-refractivity contribution is -0.117. The second-order valence-electron chi connectivity index (χ2n) is 5.24. The molecule has 2 heterocycles. The van der Waals surface area contributed by atoms with Crippen molar-refractivity contribution in [2.24, 2.45) is 0 Å². The van der Waals surface area contributed by atoms with Crippen molar-refractivity contribution in [2.45, 2.75) is 19.3 Å². The number of tetrazole rings is 1. The Morgan fingerprint density at radius 1 is 1.26 bits per heavy atom. The van der Waals surface area contributed by atoms with Crippen LogP contribution in [0.5, 0.6) is 0 Å². The average Bonchev–Trinajstić information content (AvgIpc) is 3.07. The molecule has 0 saturated carbocycles. The van der Waals surface area contributed by atoms with E-state index in [1.54, 1.807) is 12.4 Å². The number of carbonyl (C=O) groups is 1. The molecule has 7 nitrogen and oxygen atoms in total. The highest BCUT2D eigenvalue weighted by atomic mass is 16.1. The number of hydrogen-bond donors (Lipinski definition) is 2. The van der Waals surface area contributed by atoms with Gasteiger partial charge >= 0.3 is 0 Å². The molecule has 1 aromatic carbocycles. The Labute approximate surface area is 133 Å². The van der Waals surface area contributed by atoms with Crippen LogP contribution in [0.15, 0.2) is 48.8 Å². The Morgan fingerprint density at radius 3 is 2.78 bits per heavy atom. The summed E-state index contributed by atoms with van der Waals surface area (Å²) in [6, 6.07) is 11.4. The summed E-state index contributed by atoms with van der Waals surface area (Å²) < 4.78 is 0. The van der Waals surface area contributed by atoms with E-state index >= 15 is 0 Å². The number of carbonyl (C=O) groups excluding carboxylic acids is 1. The van der Waals surface area contributed by atoms with Gasteiger partial charge in [0.05, 0.1) is 0 Å². The maximum atomic E-state index is 12.7. The smallest absolute Gasteiger partial charge is 0.235 e. The standard InChI is InChI=1S/C16H16N6O/c1-11-3-2-4-13(9-11)18-16(23)14(15-19-21-22-20-15)10-12-5-7-17-8-6-12/h2-9,14H,10H2,1H3,(H,18,23)(H,19,20,21,22). The van der Waals surface area contributed by atoms with Gasteiger partial charge in [0.1, 0.15) is 5.92 Å². The van der Waals surface area contributed by atoms with E-state index < -0.39 is 5.92 Å². The quantitative estimate of drug-likeness (QED) is 0.750. The van der Waals surface area contributed by atoms with E-state index in [0.717, 1.165) is 16.8 Å². The highest BCUT2D eigenvalue weighted by molar-refractivity contribution is 5.95. The van der Waals surface area contributed by atoms with Crippen molar-refractivity contribution in [3.8, 4) is 0 Å². The van der Waals surface area contributed by atoms with E-state index in [2.05, 4.69) is 30.9 Å². The number of nitrogens with one attached hydrogen (secondary N) is 2. The third-order valence-corrected chi connectivity index (χ3v) is 3.46. The Balaban J connectivity index is 1.82. The van der Waals surface area contributed by atoms with Gasteiger partial charge in [-0.2, -0.15) is 5.21 Å². The molecule has 0 bridgehead atoms. The van der Waals surface area contributed by atoms with Gasteiger partial charge in [0.25, 0.3) is 0 Å². The van der Waals surface area contributed by atoms with E-state index in [0.29, 0.717) is 12.2 Å². The summed E-state index contributed by atoms with van der Waals surface area (Å²) in [4.78, 5) is 16.7. The first-order chi connectivity index (χ1) is 11.2. The van der Waals surface area contributed by atoms with Gasteiger partial charge in [0, 0.05) is 18.1 Å². The zero-order valence-corrected chi connectivity index (χ0v) is 12.6. The Kier molecular flexibility index (Phi) is 4.37. The highest BCUT2D eigenvalue weighted by Crippen LogP contribution is 2.20. The topological polar surface area (TPSA) is 96.5 Å². The summed E-state index contributed by atoms with van der Waals surface area (Å²) in [5.41, 5.74) is 2.81. The fraction of sp³-hybridized carbons (Fsp3) is 0.188. The van der Waals surface area contributed by atoms with E-state index in [1.807, 2.05) is 43.3 Å². The lowest BCUT2D eigenvalue weighted by Crippen LogP contribution is -2.24. The van der Waals surface area contributed by atoms with Crippen molar-refractivity contribution in [3.63, 3.8) is 0 Å². The molecule has 1 atom stereocenters. The molecule has 1 unspecified atom stereocenters. The number of benzene rings is 1. The van der Waals surface area contributed by atoms with Gasteiger partial charge in [0.2, 0.25) is 5.91 Å². The number of nitrogens with zero attached hydrogens (tertiary/aromatic N) is 4. The van der Waals surface area contributed by atoms with Crippen LogP contribution in [0.4, 0.5) is 5.69 Å². The first-order valence-electron chi connectivity index (χ1n) is 7.22. The summed E-state index contributed by atoms with van der Waals surface area (Å²) in [5, 5.41) is 16.8. The SMILES string of the molecule is Cc1cccc(NC(=O)C(Cc2ccncc2)c2nn[nH]n2)c1. The van der Waals surface area contributed by atoms with Crippen LogP contribution >= 0.6 is 0 Å². The highest BCUT2D eigenvalue weighted by Gasteiger charge is 2.25. The van der Waals surface area contributed by atoms with Crippen LogP contribution in [-0.4, -0.2) is 31.5 Å². The number of anilines is 1. The van der Waals surface area contributed by atoms with Crippen molar-refractivity contribution in [2.75, 3.05) is 5.32 Å². The summed E-state index contributed by atoms with van der Waals surface area (Å²) >= 11 is 0. The van der Waals surface area contributed by atoms with Gasteiger partial charge < -0.3 is 5.32 Å². The zero-order valence-electron chi connectivity index (χ0n) is 12.6. The maximum Gasteiger partial charge on any atom is 0.235 e. The van der Waals surface area contributed by atoms with Gasteiger partial charge in [-0.3, -0.25) is 9.78 Å². The minimum atomic E-state index is -0.531. The molecular formula is C16H16N6O. The third kappa shape index (κ3) is 3.76. The Bertz CT molecular complexity index is 772. The first-order valence-corrected chi connectivity index (χ1v) is 7.22. The lowest BCUT2D eigenvalue weighted by atomic mass is 9.98. The predicted molar refractivity (Wildman–Crippen MR) is 84.7 cm³/mol. The summed E-state index contributed by atoms with van der Waals surface area (Å²) in [6.07, 6.45) is 3.86. The van der Waals surface area contributed by atoms with Crippen molar-refractivity contribution < 1.29 is 4.79 Å². The van der Waals surface area contributed by atoms with Crippen LogP contribution in [0, 0.1) is 6.92 Å². The molecular weight excluding hydrogens is 292 g/mol. The normalized spacial score (nSPS) is 11.9. The number of aromatic amines is 1. The van der Waals surface area contributed by atoms with E-state index in [1.165, 1.54) is 0 Å². The van der Waals surface area contributed by atoms with Crippen LogP contribution in [0.2, 0.25) is 0 Å². The molecule has 3 aromatic rings. The second kappa shape index (κ2) is 6.78. The molecule has 3 rings (SSSR count). The fourth-order valence-electron chi connectivity index (χ4n) is 2.33. The molecule has 2 N–H and O–H groups in total. The summed E-state index contributed by atoms with van der Waals surface area (Å²) in [5.74, 6) is -0.336. The molecule has 7 heteroatoms. The van der Waals surface area contributed by atoms with Gasteiger partial charge in [-0.15, -0.1) is 10.2 Å². The summed E-state index contributed by atoms with van der Waals surface area (Å²) in [6.45, 7) is 1.98. The lowest BCUT2D eigenvalue weighted by Gasteiger charge is -2.14. The van der Waals surface area contributed by atoms with Crippen LogP contribution in [-0.2, 0) is 11.2 Å². The van der Waals surface area contributed by atoms with Gasteiger partial charge in [-0.1, -0.05) is 17.3 Å². The monoisotopic (exact) mass is 308 g/mol. The van der Waals surface area contributed by atoms with Gasteiger partial charge in [-0.05, 0) is 48.7 Å². The van der Waals surface area contributed by atoms with Crippen LogP contribution in [0.3, 0.4) is 0 Å². The number of aromatic nitrogens is 5. The number of H-pyrrole nitrogens is 1. The minimum absolute atomic E-state index is 0.172. The predicted octanol–water partition coefficient (Wildman–Crippen LogP) is 1.87. The fourth-order valence-corrected chi connectivity index (χ4v) is 2.33. The molecule has 0 aliphatic rings. The average molecular weight is 308 g/mol. The van der Waals surface area contributed by atoms with Crippen molar-refractivity contribution in [1.29, 1.82) is 0 Å². The van der Waals surface area contributed by atoms with E-state index in [-0.39, 0.29) is 5.91 Å². The van der Waals surface area contributed by atoms with Crippen LogP contribution in [0.1, 0.15) is 22.9 Å².